The molecule has 0 fully saturated rings. The van der Waals surface area contributed by atoms with Gasteiger partial charge >= 0.3 is 6.18 Å². The molecular weight excluding hydrogens is 261 g/mol. The molecule has 0 aromatic heterocycles. The van der Waals surface area contributed by atoms with Crippen LogP contribution in [0.15, 0.2) is 24.3 Å². The summed E-state index contributed by atoms with van der Waals surface area (Å²) in [6.07, 6.45) is -4.70. The summed E-state index contributed by atoms with van der Waals surface area (Å²) in [6.45, 7) is 1.40. The average molecular weight is 274 g/mol. The van der Waals surface area contributed by atoms with Crippen LogP contribution in [0, 0.1) is 0 Å². The number of nitrogens with one attached hydrogen (secondary N) is 1. The zero-order valence-corrected chi connectivity index (χ0v) is 10.1. The van der Waals surface area contributed by atoms with Crippen LogP contribution in [-0.2, 0) is 22.2 Å². The van der Waals surface area contributed by atoms with Gasteiger partial charge in [0.15, 0.2) is 0 Å². The van der Waals surface area contributed by atoms with Crippen molar-refractivity contribution in [2.45, 2.75) is 25.6 Å². The molecule has 1 atom stereocenters. The molecule has 2 amide bonds. The number of carbonyl (C=O) groups excluding carboxylic acids is 2. The minimum atomic E-state index is -4.45. The van der Waals surface area contributed by atoms with Crippen molar-refractivity contribution in [3.8, 4) is 0 Å². The molecule has 0 radical (unpaired) electrons. The molecule has 4 nitrogen and oxygen atoms in total. The number of hydrogen-bond acceptors (Lipinski definition) is 2. The summed E-state index contributed by atoms with van der Waals surface area (Å²) in [5, 5.41) is 2.29. The molecule has 7 heteroatoms. The fraction of sp³-hybridized carbons (Fsp3) is 0.333. The number of amides is 2. The van der Waals surface area contributed by atoms with Gasteiger partial charge in [0.25, 0.3) is 0 Å². The zero-order chi connectivity index (χ0) is 14.6. The van der Waals surface area contributed by atoms with Gasteiger partial charge in [-0.1, -0.05) is 18.2 Å². The summed E-state index contributed by atoms with van der Waals surface area (Å²) in [4.78, 5) is 22.2. The second kappa shape index (κ2) is 5.73. The SMILES string of the molecule is CC(NC(=O)Cc1cccc(C(F)(F)F)c1)C(N)=O. The second-order valence-corrected chi connectivity index (χ2v) is 4.07. The van der Waals surface area contributed by atoms with Gasteiger partial charge in [-0.2, -0.15) is 13.2 Å². The molecule has 0 bridgehead atoms. The van der Waals surface area contributed by atoms with E-state index >= 15 is 0 Å². The second-order valence-electron chi connectivity index (χ2n) is 4.07. The number of halogens is 3. The van der Waals surface area contributed by atoms with Crippen molar-refractivity contribution < 1.29 is 22.8 Å². The molecule has 0 heterocycles. The molecule has 19 heavy (non-hydrogen) atoms. The smallest absolute Gasteiger partial charge is 0.368 e. The van der Waals surface area contributed by atoms with Crippen LogP contribution in [0.5, 0.6) is 0 Å². The summed E-state index contributed by atoms with van der Waals surface area (Å²) in [6, 6.07) is 3.59. The third-order valence-electron chi connectivity index (χ3n) is 2.42. The predicted molar refractivity (Wildman–Crippen MR) is 61.9 cm³/mol. The number of hydrogen-bond donors (Lipinski definition) is 2. The molecule has 1 unspecified atom stereocenters. The van der Waals surface area contributed by atoms with Crippen LogP contribution in [0.4, 0.5) is 13.2 Å². The first-order valence-corrected chi connectivity index (χ1v) is 5.45. The maximum atomic E-state index is 12.5. The lowest BCUT2D eigenvalue weighted by molar-refractivity contribution is -0.137. The van der Waals surface area contributed by atoms with Crippen LogP contribution in [-0.4, -0.2) is 17.9 Å². The third-order valence-corrected chi connectivity index (χ3v) is 2.42. The number of benzene rings is 1. The number of carbonyl (C=O) groups is 2. The van der Waals surface area contributed by atoms with Gasteiger partial charge in [0.1, 0.15) is 6.04 Å². The van der Waals surface area contributed by atoms with Gasteiger partial charge in [0, 0.05) is 0 Å². The van der Waals surface area contributed by atoms with E-state index in [1.54, 1.807) is 0 Å². The number of primary amides is 1. The molecule has 0 aliphatic rings. The van der Waals surface area contributed by atoms with Crippen molar-refractivity contribution in [3.05, 3.63) is 35.4 Å². The number of rotatable bonds is 4. The molecule has 1 aromatic rings. The Bertz CT molecular complexity index is 486. The molecule has 0 saturated carbocycles. The summed E-state index contributed by atoms with van der Waals surface area (Å²) >= 11 is 0. The summed E-state index contributed by atoms with van der Waals surface area (Å²) in [5.41, 5.74) is 4.35. The molecule has 0 spiro atoms. The minimum absolute atomic E-state index is 0.212. The highest BCUT2D eigenvalue weighted by Gasteiger charge is 2.30. The lowest BCUT2D eigenvalue weighted by Crippen LogP contribution is -2.42. The predicted octanol–water partition coefficient (Wildman–Crippen LogP) is 1.24. The third kappa shape index (κ3) is 4.61. The standard InChI is InChI=1S/C12H13F3N2O2/c1-7(11(16)19)17-10(18)6-8-3-2-4-9(5-8)12(13,14)15/h2-5,7H,6H2,1H3,(H2,16,19)(H,17,18). The van der Waals surface area contributed by atoms with E-state index in [-0.39, 0.29) is 12.0 Å². The monoisotopic (exact) mass is 274 g/mol. The normalized spacial score (nSPS) is 12.8. The van der Waals surface area contributed by atoms with Crippen molar-refractivity contribution >= 4 is 11.8 Å². The van der Waals surface area contributed by atoms with Crippen molar-refractivity contribution in [3.63, 3.8) is 0 Å². The van der Waals surface area contributed by atoms with Gasteiger partial charge in [-0.05, 0) is 18.6 Å². The van der Waals surface area contributed by atoms with Crippen LogP contribution >= 0.6 is 0 Å². The molecule has 1 rings (SSSR count). The van der Waals surface area contributed by atoms with E-state index in [1.165, 1.54) is 19.1 Å². The minimum Gasteiger partial charge on any atom is -0.368 e. The van der Waals surface area contributed by atoms with E-state index < -0.39 is 29.6 Å². The van der Waals surface area contributed by atoms with Gasteiger partial charge in [-0.15, -0.1) is 0 Å². The van der Waals surface area contributed by atoms with Gasteiger partial charge in [0.05, 0.1) is 12.0 Å². The number of alkyl halides is 3. The summed E-state index contributed by atoms with van der Waals surface area (Å²) in [5.74, 6) is -1.27. The molecule has 0 aliphatic heterocycles. The highest BCUT2D eigenvalue weighted by atomic mass is 19.4. The molecule has 1 aromatic carbocycles. The Morgan fingerprint density at radius 3 is 2.53 bits per heavy atom. The van der Waals surface area contributed by atoms with Crippen molar-refractivity contribution in [2.75, 3.05) is 0 Å². The van der Waals surface area contributed by atoms with Gasteiger partial charge in [0.2, 0.25) is 11.8 Å². The Balaban J connectivity index is 2.73. The van der Waals surface area contributed by atoms with E-state index in [4.69, 9.17) is 5.73 Å². The molecule has 104 valence electrons. The van der Waals surface area contributed by atoms with E-state index in [2.05, 4.69) is 5.32 Å². The maximum absolute atomic E-state index is 12.5. The fourth-order valence-corrected chi connectivity index (χ4v) is 1.41. The highest BCUT2D eigenvalue weighted by Crippen LogP contribution is 2.29. The first kappa shape index (κ1) is 15.0. The Kier molecular flexibility index (Phi) is 4.52. The lowest BCUT2D eigenvalue weighted by atomic mass is 10.1. The Morgan fingerprint density at radius 1 is 1.37 bits per heavy atom. The Hall–Kier alpha value is -2.05. The number of nitrogens with two attached hydrogens (primary N) is 1. The molecular formula is C12H13F3N2O2. The lowest BCUT2D eigenvalue weighted by Gasteiger charge is -2.11. The first-order chi connectivity index (χ1) is 8.70. The van der Waals surface area contributed by atoms with E-state index in [1.807, 2.05) is 0 Å². The van der Waals surface area contributed by atoms with Crippen molar-refractivity contribution in [2.24, 2.45) is 5.73 Å². The van der Waals surface area contributed by atoms with Gasteiger partial charge in [-0.3, -0.25) is 9.59 Å². The largest absolute Gasteiger partial charge is 0.416 e. The molecule has 3 N–H and O–H groups in total. The van der Waals surface area contributed by atoms with Gasteiger partial charge in [-0.25, -0.2) is 0 Å². The molecule has 0 aliphatic carbocycles. The molecule has 0 saturated heterocycles. The fourth-order valence-electron chi connectivity index (χ4n) is 1.41. The van der Waals surface area contributed by atoms with Crippen LogP contribution < -0.4 is 11.1 Å². The average Bonchev–Trinajstić information content (AvgIpc) is 2.27. The Labute approximate surface area is 107 Å². The quantitative estimate of drug-likeness (QED) is 0.867. The van der Waals surface area contributed by atoms with Crippen LogP contribution in [0.2, 0.25) is 0 Å². The van der Waals surface area contributed by atoms with Gasteiger partial charge < -0.3 is 11.1 Å². The van der Waals surface area contributed by atoms with Crippen molar-refractivity contribution in [1.82, 2.24) is 5.32 Å². The van der Waals surface area contributed by atoms with Crippen molar-refractivity contribution in [1.29, 1.82) is 0 Å². The highest BCUT2D eigenvalue weighted by molar-refractivity contribution is 5.87. The maximum Gasteiger partial charge on any atom is 0.416 e. The topological polar surface area (TPSA) is 72.2 Å². The zero-order valence-electron chi connectivity index (χ0n) is 10.1. The van der Waals surface area contributed by atoms with Crippen LogP contribution in [0.25, 0.3) is 0 Å². The summed E-state index contributed by atoms with van der Waals surface area (Å²) < 4.78 is 37.4. The van der Waals surface area contributed by atoms with Crippen LogP contribution in [0.1, 0.15) is 18.1 Å². The Morgan fingerprint density at radius 2 is 2.00 bits per heavy atom. The summed E-state index contributed by atoms with van der Waals surface area (Å²) in [7, 11) is 0. The van der Waals surface area contributed by atoms with E-state index in [0.717, 1.165) is 12.1 Å². The first-order valence-electron chi connectivity index (χ1n) is 5.45. The van der Waals surface area contributed by atoms with Crippen LogP contribution in [0.3, 0.4) is 0 Å². The van der Waals surface area contributed by atoms with E-state index in [0.29, 0.717) is 0 Å². The van der Waals surface area contributed by atoms with E-state index in [9.17, 15) is 22.8 Å².